The summed E-state index contributed by atoms with van der Waals surface area (Å²) in [6.45, 7) is 2.88. The molecule has 21 heavy (non-hydrogen) atoms. The van der Waals surface area contributed by atoms with Crippen LogP contribution in [0.15, 0.2) is 12.3 Å². The fraction of sp³-hybridized carbons (Fsp3) is 0.643. The van der Waals surface area contributed by atoms with Crippen LogP contribution in [-0.4, -0.2) is 36.6 Å². The number of alkyl halides is 3. The molecule has 0 bridgehead atoms. The summed E-state index contributed by atoms with van der Waals surface area (Å²) in [4.78, 5) is 6.07. The van der Waals surface area contributed by atoms with Crippen molar-refractivity contribution in [2.45, 2.75) is 25.4 Å². The molecule has 1 aromatic heterocycles. The lowest BCUT2D eigenvalue weighted by Gasteiger charge is -2.28. The number of halogens is 4. The Morgan fingerprint density at radius 1 is 1.38 bits per heavy atom. The highest BCUT2D eigenvalue weighted by atomic mass is 35.5. The monoisotopic (exact) mass is 321 g/mol. The molecule has 0 amide bonds. The maximum absolute atomic E-state index is 12.5. The second kappa shape index (κ2) is 6.83. The van der Waals surface area contributed by atoms with Gasteiger partial charge in [-0.2, -0.15) is 13.2 Å². The number of hydrogen-bond acceptors (Lipinski definition) is 3. The number of pyridine rings is 1. The minimum atomic E-state index is -4.41. The number of nitrogens with one attached hydrogen (secondary N) is 1. The van der Waals surface area contributed by atoms with E-state index in [1.807, 2.05) is 0 Å². The van der Waals surface area contributed by atoms with Crippen LogP contribution in [0.1, 0.15) is 24.8 Å². The first kappa shape index (κ1) is 16.4. The van der Waals surface area contributed by atoms with E-state index in [2.05, 4.69) is 22.2 Å². The highest BCUT2D eigenvalue weighted by molar-refractivity contribution is 6.32. The largest absolute Gasteiger partial charge is 0.417 e. The summed E-state index contributed by atoms with van der Waals surface area (Å²) in [7, 11) is 2.11. The van der Waals surface area contributed by atoms with Crippen LogP contribution in [0.2, 0.25) is 5.02 Å². The SMILES string of the molecule is CN1CCC(CCNc2ncc(C(F)(F)F)cc2Cl)CC1. The number of piperidine rings is 1. The van der Waals surface area contributed by atoms with E-state index in [0.717, 1.165) is 44.6 Å². The van der Waals surface area contributed by atoms with E-state index in [-0.39, 0.29) is 5.02 Å². The standard InChI is InChI=1S/C14H19ClF3N3/c1-21-6-3-10(4-7-21)2-5-19-13-12(15)8-11(9-20-13)14(16,17)18/h8-10H,2-7H2,1H3,(H,19,20). The van der Waals surface area contributed by atoms with Crippen LogP contribution in [0.3, 0.4) is 0 Å². The highest BCUT2D eigenvalue weighted by Gasteiger charge is 2.31. The predicted molar refractivity (Wildman–Crippen MR) is 77.6 cm³/mol. The molecule has 0 unspecified atom stereocenters. The van der Waals surface area contributed by atoms with E-state index in [9.17, 15) is 13.2 Å². The molecule has 7 heteroatoms. The lowest BCUT2D eigenvalue weighted by molar-refractivity contribution is -0.137. The average Bonchev–Trinajstić information content (AvgIpc) is 2.41. The molecule has 1 N–H and O–H groups in total. The molecule has 0 spiro atoms. The van der Waals surface area contributed by atoms with Gasteiger partial charge in [0.05, 0.1) is 10.6 Å². The smallest absolute Gasteiger partial charge is 0.369 e. The van der Waals surface area contributed by atoms with Gasteiger partial charge in [0.25, 0.3) is 0 Å². The lowest BCUT2D eigenvalue weighted by Crippen LogP contribution is -2.30. The molecule has 2 heterocycles. The Labute approximate surface area is 127 Å². The van der Waals surface area contributed by atoms with Crippen molar-refractivity contribution >= 4 is 17.4 Å². The number of aromatic nitrogens is 1. The van der Waals surface area contributed by atoms with Crippen molar-refractivity contribution in [1.82, 2.24) is 9.88 Å². The van der Waals surface area contributed by atoms with Crippen LogP contribution in [0.25, 0.3) is 0 Å². The lowest BCUT2D eigenvalue weighted by atomic mass is 9.94. The fourth-order valence-corrected chi connectivity index (χ4v) is 2.70. The van der Waals surface area contributed by atoms with Crippen molar-refractivity contribution in [2.24, 2.45) is 5.92 Å². The van der Waals surface area contributed by atoms with Gasteiger partial charge in [-0.3, -0.25) is 0 Å². The first-order valence-electron chi connectivity index (χ1n) is 7.01. The summed E-state index contributed by atoms with van der Waals surface area (Å²) in [5.41, 5.74) is -0.826. The van der Waals surface area contributed by atoms with Crippen molar-refractivity contribution in [2.75, 3.05) is 32.0 Å². The third-order valence-corrected chi connectivity index (χ3v) is 4.14. The average molecular weight is 322 g/mol. The minimum Gasteiger partial charge on any atom is -0.369 e. The van der Waals surface area contributed by atoms with Crippen LogP contribution in [-0.2, 0) is 6.18 Å². The maximum atomic E-state index is 12.5. The Kier molecular flexibility index (Phi) is 5.32. The minimum absolute atomic E-state index is 0.00759. The Balaban J connectivity index is 1.83. The van der Waals surface area contributed by atoms with Crippen molar-refractivity contribution in [3.8, 4) is 0 Å². The third-order valence-electron chi connectivity index (χ3n) is 3.85. The van der Waals surface area contributed by atoms with Gasteiger partial charge in [0.1, 0.15) is 5.82 Å². The van der Waals surface area contributed by atoms with Crippen LogP contribution in [0, 0.1) is 5.92 Å². The molecule has 1 aliphatic rings. The normalized spacial score (nSPS) is 18.0. The van der Waals surface area contributed by atoms with E-state index in [1.165, 1.54) is 0 Å². The van der Waals surface area contributed by atoms with Crippen LogP contribution in [0.4, 0.5) is 19.0 Å². The summed E-state index contributed by atoms with van der Waals surface area (Å²) in [5, 5.41) is 3.03. The van der Waals surface area contributed by atoms with Crippen molar-refractivity contribution < 1.29 is 13.2 Å². The molecule has 2 rings (SSSR count). The molecule has 0 saturated carbocycles. The van der Waals surface area contributed by atoms with Gasteiger partial charge < -0.3 is 10.2 Å². The summed E-state index contributed by atoms with van der Waals surface area (Å²) in [5.74, 6) is 0.972. The molecule has 0 aromatic carbocycles. The predicted octanol–water partition coefficient (Wildman–Crippen LogP) is 3.90. The molecule has 1 aliphatic heterocycles. The first-order chi connectivity index (χ1) is 9.86. The zero-order chi connectivity index (χ0) is 15.5. The Morgan fingerprint density at radius 3 is 2.62 bits per heavy atom. The van der Waals surface area contributed by atoms with Gasteiger partial charge in [0.15, 0.2) is 0 Å². The third kappa shape index (κ3) is 4.74. The topological polar surface area (TPSA) is 28.2 Å². The van der Waals surface area contributed by atoms with E-state index in [0.29, 0.717) is 18.3 Å². The van der Waals surface area contributed by atoms with Gasteiger partial charge in [-0.05, 0) is 51.4 Å². The molecule has 1 fully saturated rings. The van der Waals surface area contributed by atoms with Crippen LogP contribution in [0.5, 0.6) is 0 Å². The molecular weight excluding hydrogens is 303 g/mol. The fourth-order valence-electron chi connectivity index (χ4n) is 2.47. The number of likely N-dealkylation sites (tertiary alicyclic amines) is 1. The van der Waals surface area contributed by atoms with E-state index in [4.69, 9.17) is 11.6 Å². The van der Waals surface area contributed by atoms with Gasteiger partial charge in [0.2, 0.25) is 0 Å². The summed E-state index contributed by atoms with van der Waals surface area (Å²) in [6.07, 6.45) is -0.307. The maximum Gasteiger partial charge on any atom is 0.417 e. The van der Waals surface area contributed by atoms with Gasteiger partial charge in [-0.25, -0.2) is 4.98 Å². The molecule has 3 nitrogen and oxygen atoms in total. The molecule has 1 saturated heterocycles. The zero-order valence-electron chi connectivity index (χ0n) is 11.9. The van der Waals surface area contributed by atoms with Crippen molar-refractivity contribution in [3.63, 3.8) is 0 Å². The summed E-state index contributed by atoms with van der Waals surface area (Å²) in [6, 6.07) is 0.909. The van der Waals surface area contributed by atoms with Crippen molar-refractivity contribution in [1.29, 1.82) is 0 Å². The molecule has 0 aliphatic carbocycles. The van der Waals surface area contributed by atoms with Crippen LogP contribution < -0.4 is 5.32 Å². The van der Waals surface area contributed by atoms with Gasteiger partial charge >= 0.3 is 6.18 Å². The van der Waals surface area contributed by atoms with Crippen LogP contribution >= 0.6 is 11.6 Å². The van der Waals surface area contributed by atoms with E-state index < -0.39 is 11.7 Å². The first-order valence-corrected chi connectivity index (χ1v) is 7.39. The van der Waals surface area contributed by atoms with E-state index >= 15 is 0 Å². The number of anilines is 1. The summed E-state index contributed by atoms with van der Waals surface area (Å²) >= 11 is 5.84. The Hall–Kier alpha value is -1.01. The summed E-state index contributed by atoms with van der Waals surface area (Å²) < 4.78 is 37.5. The number of nitrogens with zero attached hydrogens (tertiary/aromatic N) is 2. The van der Waals surface area contributed by atoms with Crippen molar-refractivity contribution in [3.05, 3.63) is 22.8 Å². The molecule has 118 valence electrons. The number of rotatable bonds is 4. The molecule has 0 atom stereocenters. The molecule has 0 radical (unpaired) electrons. The second-order valence-electron chi connectivity index (χ2n) is 5.51. The molecular formula is C14H19ClF3N3. The van der Waals surface area contributed by atoms with E-state index in [1.54, 1.807) is 0 Å². The Morgan fingerprint density at radius 2 is 2.05 bits per heavy atom. The van der Waals surface area contributed by atoms with Gasteiger partial charge in [-0.15, -0.1) is 0 Å². The quantitative estimate of drug-likeness (QED) is 0.911. The highest BCUT2D eigenvalue weighted by Crippen LogP contribution is 2.32. The Bertz CT molecular complexity index is 471. The van der Waals surface area contributed by atoms with Gasteiger partial charge in [0, 0.05) is 12.7 Å². The van der Waals surface area contributed by atoms with Gasteiger partial charge in [-0.1, -0.05) is 11.6 Å². The zero-order valence-corrected chi connectivity index (χ0v) is 12.6. The number of hydrogen-bond donors (Lipinski definition) is 1. The molecule has 1 aromatic rings. The second-order valence-corrected chi connectivity index (χ2v) is 5.92.